The van der Waals surface area contributed by atoms with E-state index in [1.54, 1.807) is 0 Å². The minimum Gasteiger partial charge on any atom is -0.225 e. The van der Waals surface area contributed by atoms with Gasteiger partial charge in [-0.3, -0.25) is 0 Å². The van der Waals surface area contributed by atoms with Crippen molar-refractivity contribution in [3.05, 3.63) is 18.5 Å². The van der Waals surface area contributed by atoms with Gasteiger partial charge in [0.1, 0.15) is 20.6 Å². The summed E-state index contributed by atoms with van der Waals surface area (Å²) in [5.74, 6) is 0.727. The van der Waals surface area contributed by atoms with E-state index in [4.69, 9.17) is 0 Å². The van der Waals surface area contributed by atoms with Crippen LogP contribution in [-0.4, -0.2) is 17.1 Å². The molecule has 0 radical (unpaired) electrons. The lowest BCUT2D eigenvalue weighted by Gasteiger charge is -2.08. The van der Waals surface area contributed by atoms with E-state index < -0.39 is 0 Å². The summed E-state index contributed by atoms with van der Waals surface area (Å²) in [5.41, 5.74) is 0. The zero-order valence-corrected chi connectivity index (χ0v) is 10.1. The first-order chi connectivity index (χ1) is 5.08. The fraction of sp³-hybridized carbons (Fsp3) is 0.400. The fourth-order valence-corrected chi connectivity index (χ4v) is 1.29. The van der Waals surface area contributed by atoms with Crippen LogP contribution < -0.4 is 0 Å². The van der Waals surface area contributed by atoms with Crippen LogP contribution in [-0.2, 0) is 6.42 Å². The standard InChI is InChI=1S/C5H4Br3N3/c6-5(7,8)1-4-10-2-9-3-11-4/h2-3H,1H2. The molecule has 0 atom stereocenters. The maximum atomic E-state index is 3.95. The molecule has 6 heteroatoms. The number of aromatic nitrogens is 3. The third-order valence-electron chi connectivity index (χ3n) is 0.905. The van der Waals surface area contributed by atoms with E-state index in [0.29, 0.717) is 6.42 Å². The lowest BCUT2D eigenvalue weighted by atomic mass is 10.5. The van der Waals surface area contributed by atoms with Crippen molar-refractivity contribution in [1.29, 1.82) is 0 Å². The van der Waals surface area contributed by atoms with Crippen LogP contribution in [0.2, 0.25) is 0 Å². The second kappa shape index (κ2) is 3.91. The van der Waals surface area contributed by atoms with Crippen LogP contribution in [0.1, 0.15) is 5.82 Å². The predicted molar refractivity (Wildman–Crippen MR) is 53.0 cm³/mol. The molecule has 0 saturated heterocycles. The van der Waals surface area contributed by atoms with Gasteiger partial charge in [-0.15, -0.1) is 0 Å². The van der Waals surface area contributed by atoms with Crippen molar-refractivity contribution in [1.82, 2.24) is 15.0 Å². The van der Waals surface area contributed by atoms with Gasteiger partial charge in [0.25, 0.3) is 0 Å². The molecular formula is C5H4Br3N3. The van der Waals surface area contributed by atoms with Crippen LogP contribution in [0.25, 0.3) is 0 Å². The molecular weight excluding hydrogens is 342 g/mol. The molecule has 0 saturated carbocycles. The Morgan fingerprint density at radius 2 is 1.73 bits per heavy atom. The lowest BCUT2D eigenvalue weighted by Crippen LogP contribution is -2.08. The summed E-state index contributed by atoms with van der Waals surface area (Å²) in [5, 5.41) is 0. The van der Waals surface area contributed by atoms with E-state index in [1.807, 2.05) is 0 Å². The SMILES string of the molecule is BrC(Br)(Br)Cc1ncncn1. The summed E-state index contributed by atoms with van der Waals surface area (Å²) < 4.78 is -0.311. The van der Waals surface area contributed by atoms with E-state index in [1.165, 1.54) is 12.7 Å². The maximum absolute atomic E-state index is 3.95. The summed E-state index contributed by atoms with van der Waals surface area (Å²) in [4.78, 5) is 11.6. The summed E-state index contributed by atoms with van der Waals surface area (Å²) in [6.45, 7) is 0. The van der Waals surface area contributed by atoms with Gasteiger partial charge in [0.2, 0.25) is 0 Å². The van der Waals surface area contributed by atoms with Crippen LogP contribution in [0.3, 0.4) is 0 Å². The average Bonchev–Trinajstić information content (AvgIpc) is 1.85. The first-order valence-electron chi connectivity index (χ1n) is 2.75. The topological polar surface area (TPSA) is 38.7 Å². The molecule has 0 amide bonds. The van der Waals surface area contributed by atoms with Crippen molar-refractivity contribution in [2.45, 2.75) is 8.56 Å². The van der Waals surface area contributed by atoms with E-state index in [2.05, 4.69) is 62.7 Å². The van der Waals surface area contributed by atoms with Gasteiger partial charge in [-0.05, 0) is 0 Å². The average molecular weight is 346 g/mol. The van der Waals surface area contributed by atoms with Gasteiger partial charge < -0.3 is 0 Å². The largest absolute Gasteiger partial charge is 0.225 e. The Hall–Kier alpha value is 0.450. The molecule has 1 rings (SSSR count). The molecule has 0 aliphatic heterocycles. The smallest absolute Gasteiger partial charge is 0.142 e. The molecule has 0 spiro atoms. The van der Waals surface area contributed by atoms with Crippen molar-refractivity contribution in [3.63, 3.8) is 0 Å². The van der Waals surface area contributed by atoms with Crippen molar-refractivity contribution in [3.8, 4) is 0 Å². The fourth-order valence-electron chi connectivity index (χ4n) is 0.534. The molecule has 60 valence electrons. The molecule has 0 N–H and O–H groups in total. The summed E-state index contributed by atoms with van der Waals surface area (Å²) in [6.07, 6.45) is 3.59. The summed E-state index contributed by atoms with van der Waals surface area (Å²) in [6, 6.07) is 0. The van der Waals surface area contributed by atoms with Gasteiger partial charge >= 0.3 is 0 Å². The van der Waals surface area contributed by atoms with Crippen molar-refractivity contribution < 1.29 is 0 Å². The zero-order chi connectivity index (χ0) is 8.32. The van der Waals surface area contributed by atoms with Crippen LogP contribution in [0.4, 0.5) is 0 Å². The molecule has 0 unspecified atom stereocenters. The van der Waals surface area contributed by atoms with Gasteiger partial charge in [0.15, 0.2) is 0 Å². The van der Waals surface area contributed by atoms with E-state index in [0.717, 1.165) is 5.82 Å². The minimum atomic E-state index is -0.311. The zero-order valence-electron chi connectivity index (χ0n) is 5.34. The predicted octanol–water partition coefficient (Wildman–Crippen LogP) is 2.25. The number of hydrogen-bond acceptors (Lipinski definition) is 3. The molecule has 0 aromatic carbocycles. The van der Waals surface area contributed by atoms with Gasteiger partial charge in [0, 0.05) is 6.42 Å². The third-order valence-corrected chi connectivity index (χ3v) is 1.75. The third kappa shape index (κ3) is 4.12. The summed E-state index contributed by atoms with van der Waals surface area (Å²) >= 11 is 10.0. The van der Waals surface area contributed by atoms with Crippen LogP contribution >= 0.6 is 47.8 Å². The highest BCUT2D eigenvalue weighted by Gasteiger charge is 2.19. The van der Waals surface area contributed by atoms with Crippen LogP contribution in [0.15, 0.2) is 12.7 Å². The first-order valence-corrected chi connectivity index (χ1v) is 5.13. The molecule has 11 heavy (non-hydrogen) atoms. The Morgan fingerprint density at radius 3 is 2.18 bits per heavy atom. The highest BCUT2D eigenvalue weighted by atomic mass is 80.0. The Kier molecular flexibility index (Phi) is 3.39. The highest BCUT2D eigenvalue weighted by Crippen LogP contribution is 2.35. The Labute approximate surface area is 89.4 Å². The lowest BCUT2D eigenvalue weighted by molar-refractivity contribution is 0.884. The molecule has 0 bridgehead atoms. The summed E-state index contributed by atoms with van der Waals surface area (Å²) in [7, 11) is 0. The van der Waals surface area contributed by atoms with Gasteiger partial charge in [-0.2, -0.15) is 0 Å². The number of nitrogens with zero attached hydrogens (tertiary/aromatic N) is 3. The molecule has 1 heterocycles. The molecule has 0 aliphatic rings. The molecule has 0 fully saturated rings. The Morgan fingerprint density at radius 1 is 1.18 bits per heavy atom. The molecule has 1 aromatic heterocycles. The highest BCUT2D eigenvalue weighted by molar-refractivity contribution is 9.39. The monoisotopic (exact) mass is 343 g/mol. The van der Waals surface area contributed by atoms with Gasteiger partial charge in [0.05, 0.1) is 0 Å². The minimum absolute atomic E-state index is 0.311. The molecule has 3 nitrogen and oxygen atoms in total. The van der Waals surface area contributed by atoms with Crippen molar-refractivity contribution >= 4 is 47.8 Å². The number of halogens is 3. The second-order valence-corrected chi connectivity index (χ2v) is 9.10. The number of hydrogen-bond donors (Lipinski definition) is 0. The normalized spacial score (nSPS) is 11.5. The molecule has 0 aliphatic carbocycles. The van der Waals surface area contributed by atoms with Gasteiger partial charge in [-0.1, -0.05) is 47.8 Å². The van der Waals surface area contributed by atoms with Crippen LogP contribution in [0.5, 0.6) is 0 Å². The van der Waals surface area contributed by atoms with E-state index in [9.17, 15) is 0 Å². The number of alkyl halides is 3. The first kappa shape index (κ1) is 9.54. The number of rotatable bonds is 1. The second-order valence-electron chi connectivity index (χ2n) is 1.85. The van der Waals surface area contributed by atoms with Crippen LogP contribution in [0, 0.1) is 0 Å². The Balaban J connectivity index is 2.66. The van der Waals surface area contributed by atoms with E-state index in [-0.39, 0.29) is 2.14 Å². The van der Waals surface area contributed by atoms with E-state index >= 15 is 0 Å². The molecule has 1 aromatic rings. The van der Waals surface area contributed by atoms with Crippen molar-refractivity contribution in [2.24, 2.45) is 0 Å². The van der Waals surface area contributed by atoms with Crippen molar-refractivity contribution in [2.75, 3.05) is 0 Å². The van der Waals surface area contributed by atoms with Gasteiger partial charge in [-0.25, -0.2) is 15.0 Å². The Bertz CT molecular complexity index is 220. The quantitative estimate of drug-likeness (QED) is 0.733. The maximum Gasteiger partial charge on any atom is 0.142 e.